The predicted molar refractivity (Wildman–Crippen MR) is 74.1 cm³/mol. The van der Waals surface area contributed by atoms with Crippen LogP contribution in [0.2, 0.25) is 0 Å². The van der Waals surface area contributed by atoms with Gasteiger partial charge >= 0.3 is 0 Å². The zero-order chi connectivity index (χ0) is 13.2. The van der Waals surface area contributed by atoms with Crippen LogP contribution in [0.3, 0.4) is 0 Å². The second kappa shape index (κ2) is 6.91. The normalized spacial score (nSPS) is 10.8. The summed E-state index contributed by atoms with van der Waals surface area (Å²) in [5.41, 5.74) is 0. The summed E-state index contributed by atoms with van der Waals surface area (Å²) in [6, 6.07) is 13.8. The van der Waals surface area contributed by atoms with Crippen molar-refractivity contribution in [2.45, 2.75) is 19.6 Å². The van der Waals surface area contributed by atoms with Crippen LogP contribution in [0.4, 0.5) is 0 Å². The number of benzene rings is 2. The Labute approximate surface area is 134 Å². The summed E-state index contributed by atoms with van der Waals surface area (Å²) in [5, 5.41) is 0. The van der Waals surface area contributed by atoms with Gasteiger partial charge in [0.1, 0.15) is 0 Å². The Bertz CT molecular complexity index is 657. The zero-order valence-electron chi connectivity index (χ0n) is 9.85. The molecule has 2 aromatic carbocycles. The molecular formula is C12H10O3S3Zn. The first-order valence-corrected chi connectivity index (χ1v) is 7.70. The maximum Gasteiger partial charge on any atom is 0.294 e. The molecule has 1 N–H and O–H groups in total. The second-order valence-electron chi connectivity index (χ2n) is 3.52. The fraction of sp³-hybridized carbons (Fsp3) is 0. The SMILES string of the molecule is O=S(=O)(O)c1ccc(S)c(Sc2ccccc2)c1.[Zn]. The maximum atomic E-state index is 11.1. The standard InChI is InChI=1S/C12H10O3S3.Zn/c13-18(14,15)10-6-7-11(16)12(8-10)17-9-4-2-1-3-5-9;/h1-8,16H,(H,13,14,15);. The fourth-order valence-corrected chi connectivity index (χ4v) is 3.12. The van der Waals surface area contributed by atoms with E-state index in [1.54, 1.807) is 6.07 Å². The van der Waals surface area contributed by atoms with Gasteiger partial charge in [-0.2, -0.15) is 8.42 Å². The summed E-state index contributed by atoms with van der Waals surface area (Å²) >= 11 is 5.67. The molecule has 3 nitrogen and oxygen atoms in total. The van der Waals surface area contributed by atoms with Gasteiger partial charge in [-0.15, -0.1) is 12.6 Å². The number of rotatable bonds is 3. The predicted octanol–water partition coefficient (Wildman–Crippen LogP) is 3.37. The molecule has 0 bridgehead atoms. The first-order valence-electron chi connectivity index (χ1n) is 5.00. The molecule has 0 aliphatic rings. The van der Waals surface area contributed by atoms with E-state index in [4.69, 9.17) is 4.55 Å². The quantitative estimate of drug-likeness (QED) is 0.499. The van der Waals surface area contributed by atoms with Gasteiger partial charge < -0.3 is 0 Å². The van der Waals surface area contributed by atoms with E-state index in [1.807, 2.05) is 30.3 Å². The second-order valence-corrected chi connectivity index (χ2v) is 6.54. The fourth-order valence-electron chi connectivity index (χ4n) is 1.35. The minimum atomic E-state index is -4.18. The first kappa shape index (κ1) is 16.7. The summed E-state index contributed by atoms with van der Waals surface area (Å²) in [4.78, 5) is 2.19. The van der Waals surface area contributed by atoms with Crippen molar-refractivity contribution in [2.75, 3.05) is 0 Å². The van der Waals surface area contributed by atoms with Crippen molar-refractivity contribution < 1.29 is 32.4 Å². The Morgan fingerprint density at radius 3 is 2.26 bits per heavy atom. The molecular weight excluding hydrogens is 354 g/mol. The largest absolute Gasteiger partial charge is 0.294 e. The third-order valence-electron chi connectivity index (χ3n) is 2.20. The van der Waals surface area contributed by atoms with Gasteiger partial charge in [-0.25, -0.2) is 0 Å². The van der Waals surface area contributed by atoms with Crippen molar-refractivity contribution in [2.24, 2.45) is 0 Å². The molecule has 0 saturated heterocycles. The molecule has 0 saturated carbocycles. The Kier molecular flexibility index (Phi) is 6.08. The summed E-state index contributed by atoms with van der Waals surface area (Å²) < 4.78 is 31.1. The van der Waals surface area contributed by atoms with Gasteiger partial charge in [0, 0.05) is 34.2 Å². The topological polar surface area (TPSA) is 54.4 Å². The number of thiol groups is 1. The minimum absolute atomic E-state index is 0. The van der Waals surface area contributed by atoms with E-state index in [9.17, 15) is 8.42 Å². The minimum Gasteiger partial charge on any atom is -0.282 e. The van der Waals surface area contributed by atoms with Crippen LogP contribution < -0.4 is 0 Å². The molecule has 2 aromatic rings. The van der Waals surface area contributed by atoms with E-state index in [-0.39, 0.29) is 24.4 Å². The van der Waals surface area contributed by atoms with E-state index in [0.29, 0.717) is 9.79 Å². The summed E-state index contributed by atoms with van der Waals surface area (Å²) in [6.07, 6.45) is 0. The molecule has 2 rings (SSSR count). The number of hydrogen-bond acceptors (Lipinski definition) is 4. The van der Waals surface area contributed by atoms with Crippen LogP contribution >= 0.6 is 24.4 Å². The molecule has 0 aromatic heterocycles. The van der Waals surface area contributed by atoms with Gasteiger partial charge in [0.2, 0.25) is 0 Å². The summed E-state index contributed by atoms with van der Waals surface area (Å²) in [6.45, 7) is 0. The van der Waals surface area contributed by atoms with Crippen molar-refractivity contribution in [1.29, 1.82) is 0 Å². The third kappa shape index (κ3) is 4.61. The Hall–Kier alpha value is -0.327. The summed E-state index contributed by atoms with van der Waals surface area (Å²) in [5.74, 6) is 0. The average molecular weight is 364 g/mol. The van der Waals surface area contributed by atoms with Crippen LogP contribution in [0.1, 0.15) is 0 Å². The number of hydrogen-bond donors (Lipinski definition) is 2. The van der Waals surface area contributed by atoms with Gasteiger partial charge in [-0.3, -0.25) is 4.55 Å². The Morgan fingerprint density at radius 1 is 1.05 bits per heavy atom. The van der Waals surface area contributed by atoms with Crippen LogP contribution in [0.25, 0.3) is 0 Å². The van der Waals surface area contributed by atoms with E-state index < -0.39 is 10.1 Å². The van der Waals surface area contributed by atoms with Crippen LogP contribution in [0.5, 0.6) is 0 Å². The van der Waals surface area contributed by atoms with Crippen molar-refractivity contribution >= 4 is 34.5 Å². The zero-order valence-corrected chi connectivity index (χ0v) is 15.3. The van der Waals surface area contributed by atoms with Crippen molar-refractivity contribution in [1.82, 2.24) is 0 Å². The van der Waals surface area contributed by atoms with E-state index in [0.717, 1.165) is 4.90 Å². The van der Waals surface area contributed by atoms with E-state index in [2.05, 4.69) is 12.6 Å². The molecule has 19 heavy (non-hydrogen) atoms. The maximum absolute atomic E-state index is 11.1. The molecule has 0 radical (unpaired) electrons. The summed E-state index contributed by atoms with van der Waals surface area (Å²) in [7, 11) is -4.18. The van der Waals surface area contributed by atoms with Crippen molar-refractivity contribution in [3.63, 3.8) is 0 Å². The van der Waals surface area contributed by atoms with Crippen LogP contribution in [-0.2, 0) is 29.6 Å². The molecule has 0 unspecified atom stereocenters. The van der Waals surface area contributed by atoms with Crippen molar-refractivity contribution in [3.05, 3.63) is 48.5 Å². The molecule has 0 aliphatic heterocycles. The monoisotopic (exact) mass is 362 g/mol. The van der Waals surface area contributed by atoms with Gasteiger partial charge in [0.05, 0.1) is 4.90 Å². The van der Waals surface area contributed by atoms with Crippen LogP contribution in [0.15, 0.2) is 68.1 Å². The van der Waals surface area contributed by atoms with E-state index >= 15 is 0 Å². The molecule has 0 amide bonds. The molecule has 96 valence electrons. The average Bonchev–Trinajstić information content (AvgIpc) is 2.32. The molecule has 0 heterocycles. The third-order valence-corrected chi connectivity index (χ3v) is 4.66. The van der Waals surface area contributed by atoms with Crippen LogP contribution in [-0.4, -0.2) is 13.0 Å². The van der Waals surface area contributed by atoms with Gasteiger partial charge in [0.15, 0.2) is 0 Å². The Morgan fingerprint density at radius 2 is 1.68 bits per heavy atom. The van der Waals surface area contributed by atoms with Gasteiger partial charge in [-0.1, -0.05) is 30.0 Å². The molecule has 0 fully saturated rings. The van der Waals surface area contributed by atoms with Gasteiger partial charge in [-0.05, 0) is 30.3 Å². The van der Waals surface area contributed by atoms with Gasteiger partial charge in [0.25, 0.3) is 10.1 Å². The van der Waals surface area contributed by atoms with Crippen LogP contribution in [0, 0.1) is 0 Å². The first-order chi connectivity index (χ1) is 8.47. The Balaban J connectivity index is 0.00000180. The molecule has 0 atom stereocenters. The van der Waals surface area contributed by atoms with E-state index in [1.165, 1.54) is 23.9 Å². The van der Waals surface area contributed by atoms with Crippen molar-refractivity contribution in [3.8, 4) is 0 Å². The smallest absolute Gasteiger partial charge is 0.282 e. The molecule has 0 aliphatic carbocycles. The molecule has 0 spiro atoms. The molecule has 7 heteroatoms.